The normalized spacial score (nSPS) is 11.1. The lowest BCUT2D eigenvalue weighted by atomic mass is 9.96. The number of aryl methyl sites for hydroxylation is 2. The van der Waals surface area contributed by atoms with Crippen LogP contribution in [0.4, 0.5) is 0 Å². The Bertz CT molecular complexity index is 1520. The Balaban J connectivity index is 1.58. The lowest BCUT2D eigenvalue weighted by Gasteiger charge is -2.07. The Morgan fingerprint density at radius 1 is 0.514 bits per heavy atom. The predicted molar refractivity (Wildman–Crippen MR) is 149 cm³/mol. The summed E-state index contributed by atoms with van der Waals surface area (Å²) in [4.78, 5) is 1.30. The van der Waals surface area contributed by atoms with E-state index >= 15 is 0 Å². The highest BCUT2D eigenvalue weighted by atomic mass is 32.1. The fourth-order valence-corrected chi connectivity index (χ4v) is 5.58. The average molecular weight is 470 g/mol. The standard InChI is InChI=1S/C33H25OS/c1-22-18-27(32-14-9-17-35-32)19-23(2)33-28(22)15-16-29(33)26-20-30(24-10-5-3-6-11-24)34-31(21-26)25-12-7-4-8-13-25/h3-21H,1-2H3/q+1. The second kappa shape index (κ2) is 8.98. The van der Waals surface area contributed by atoms with Gasteiger partial charge in [0, 0.05) is 10.4 Å². The van der Waals surface area contributed by atoms with Gasteiger partial charge >= 0.3 is 11.5 Å². The van der Waals surface area contributed by atoms with Crippen molar-refractivity contribution in [3.05, 3.63) is 126 Å². The summed E-state index contributed by atoms with van der Waals surface area (Å²) in [6, 6.07) is 38.5. The SMILES string of the molecule is Cc1cc(-c2cccs2)cc(C)c2c(-c3cc(-c4ccccc4)[o+]c(-c4ccccc4)c3)ccc1-2. The molecule has 0 fully saturated rings. The summed E-state index contributed by atoms with van der Waals surface area (Å²) < 4.78 is 6.44. The van der Waals surface area contributed by atoms with Crippen LogP contribution in [0.5, 0.6) is 0 Å². The van der Waals surface area contributed by atoms with Crippen LogP contribution in [0.2, 0.25) is 0 Å². The van der Waals surface area contributed by atoms with Crippen molar-refractivity contribution in [2.24, 2.45) is 0 Å². The second-order valence-electron chi connectivity index (χ2n) is 8.93. The number of rotatable bonds is 4. The van der Waals surface area contributed by atoms with Crippen LogP contribution in [0.15, 0.2) is 119 Å². The molecule has 2 aromatic heterocycles. The van der Waals surface area contributed by atoms with Gasteiger partial charge in [-0.25, -0.2) is 4.42 Å². The lowest BCUT2D eigenvalue weighted by Crippen LogP contribution is -1.87. The highest BCUT2D eigenvalue weighted by molar-refractivity contribution is 7.13. The van der Waals surface area contributed by atoms with Crippen molar-refractivity contribution in [3.8, 4) is 55.3 Å². The van der Waals surface area contributed by atoms with Gasteiger partial charge in [-0.1, -0.05) is 54.6 Å². The third kappa shape index (κ3) is 4.07. The molecule has 35 heavy (non-hydrogen) atoms. The van der Waals surface area contributed by atoms with Crippen LogP contribution in [0.1, 0.15) is 11.1 Å². The molecule has 2 heteroatoms. The van der Waals surface area contributed by atoms with Crippen molar-refractivity contribution in [2.75, 3.05) is 0 Å². The van der Waals surface area contributed by atoms with Gasteiger partial charge in [0.2, 0.25) is 0 Å². The Hall–Kier alpha value is -4.01. The molecule has 0 aliphatic heterocycles. The third-order valence-corrected chi connectivity index (χ3v) is 7.46. The predicted octanol–water partition coefficient (Wildman–Crippen LogP) is 10.0. The van der Waals surface area contributed by atoms with Crippen LogP contribution >= 0.6 is 11.3 Å². The first-order valence-corrected chi connectivity index (χ1v) is 12.7. The van der Waals surface area contributed by atoms with E-state index in [-0.39, 0.29) is 0 Å². The van der Waals surface area contributed by atoms with Crippen molar-refractivity contribution in [1.82, 2.24) is 0 Å². The molecule has 0 bridgehead atoms. The number of thiophene rings is 1. The molecule has 0 N–H and O–H groups in total. The molecule has 0 spiro atoms. The molecule has 2 aliphatic rings. The summed E-state index contributed by atoms with van der Waals surface area (Å²) in [5.41, 5.74) is 11.0. The van der Waals surface area contributed by atoms with E-state index in [0.29, 0.717) is 0 Å². The smallest absolute Gasteiger partial charge is 0.207 e. The first-order valence-electron chi connectivity index (χ1n) is 11.8. The third-order valence-electron chi connectivity index (χ3n) is 6.54. The van der Waals surface area contributed by atoms with E-state index < -0.39 is 0 Å². The monoisotopic (exact) mass is 469 g/mol. The van der Waals surface area contributed by atoms with Gasteiger partial charge in [0.15, 0.2) is 0 Å². The molecule has 0 unspecified atom stereocenters. The second-order valence-corrected chi connectivity index (χ2v) is 9.88. The quantitative estimate of drug-likeness (QED) is 0.234. The Labute approximate surface area is 210 Å². The maximum atomic E-state index is 6.44. The zero-order chi connectivity index (χ0) is 23.8. The molecule has 2 aromatic carbocycles. The van der Waals surface area contributed by atoms with Gasteiger partial charge in [-0.3, -0.25) is 0 Å². The van der Waals surface area contributed by atoms with E-state index in [1.807, 2.05) is 12.1 Å². The molecule has 0 saturated carbocycles. The summed E-state index contributed by atoms with van der Waals surface area (Å²) >= 11 is 1.79. The Morgan fingerprint density at radius 2 is 1.11 bits per heavy atom. The molecule has 0 radical (unpaired) electrons. The van der Waals surface area contributed by atoms with Gasteiger partial charge < -0.3 is 0 Å². The molecule has 0 amide bonds. The van der Waals surface area contributed by atoms with Crippen LogP contribution in [-0.4, -0.2) is 0 Å². The van der Waals surface area contributed by atoms with Crippen LogP contribution in [-0.2, 0) is 0 Å². The van der Waals surface area contributed by atoms with Gasteiger partial charge in [-0.15, -0.1) is 11.3 Å². The minimum Gasteiger partial charge on any atom is -0.207 e. The van der Waals surface area contributed by atoms with E-state index in [1.54, 1.807) is 11.3 Å². The number of fused-ring (bicyclic) bond motifs is 1. The summed E-state index contributed by atoms with van der Waals surface area (Å²) in [5, 5.41) is 2.14. The van der Waals surface area contributed by atoms with Crippen LogP contribution in [0.3, 0.4) is 0 Å². The largest absolute Gasteiger partial charge is 0.361 e. The fraction of sp³-hybridized carbons (Fsp3) is 0.0606. The van der Waals surface area contributed by atoms with Gasteiger partial charge in [-0.2, -0.15) is 0 Å². The van der Waals surface area contributed by atoms with E-state index in [1.165, 1.54) is 38.3 Å². The van der Waals surface area contributed by atoms with Gasteiger partial charge in [0.1, 0.15) is 0 Å². The van der Waals surface area contributed by atoms with E-state index in [9.17, 15) is 0 Å². The summed E-state index contributed by atoms with van der Waals surface area (Å²) in [6.45, 7) is 4.44. The van der Waals surface area contributed by atoms with E-state index in [0.717, 1.165) is 28.2 Å². The Kier molecular flexibility index (Phi) is 5.52. The van der Waals surface area contributed by atoms with Crippen LogP contribution < -0.4 is 0 Å². The molecular formula is C33H25OS+. The Morgan fingerprint density at radius 3 is 1.71 bits per heavy atom. The summed E-state index contributed by atoms with van der Waals surface area (Å²) in [5.74, 6) is 1.73. The van der Waals surface area contributed by atoms with Crippen molar-refractivity contribution in [3.63, 3.8) is 0 Å². The molecule has 2 heterocycles. The topological polar surface area (TPSA) is 11.3 Å². The molecule has 1 nitrogen and oxygen atoms in total. The van der Waals surface area contributed by atoms with Gasteiger partial charge in [-0.05, 0) is 95.1 Å². The zero-order valence-corrected chi connectivity index (χ0v) is 20.6. The fourth-order valence-electron chi connectivity index (χ4n) is 4.86. The zero-order valence-electron chi connectivity index (χ0n) is 19.8. The molecule has 4 aromatic rings. The average Bonchev–Trinajstić information content (AvgIpc) is 3.58. The number of hydrogen-bond donors (Lipinski definition) is 0. The summed E-state index contributed by atoms with van der Waals surface area (Å²) in [6.07, 6.45) is 0. The van der Waals surface area contributed by atoms with Crippen molar-refractivity contribution >= 4 is 11.3 Å². The molecular weight excluding hydrogens is 444 g/mol. The number of benzene rings is 2. The van der Waals surface area contributed by atoms with Crippen LogP contribution in [0.25, 0.3) is 55.3 Å². The highest BCUT2D eigenvalue weighted by Crippen LogP contribution is 2.43. The first kappa shape index (κ1) is 21.5. The molecule has 6 rings (SSSR count). The minimum absolute atomic E-state index is 0.866. The first-order chi connectivity index (χ1) is 17.2. The maximum Gasteiger partial charge on any atom is 0.361 e. The van der Waals surface area contributed by atoms with E-state index in [2.05, 4.69) is 116 Å². The number of hydrogen-bond acceptors (Lipinski definition) is 1. The molecule has 0 saturated heterocycles. The lowest BCUT2D eigenvalue weighted by molar-refractivity contribution is 0.582. The highest BCUT2D eigenvalue weighted by Gasteiger charge is 2.23. The van der Waals surface area contributed by atoms with E-state index in [4.69, 9.17) is 4.42 Å². The van der Waals surface area contributed by atoms with Crippen LogP contribution in [0, 0.1) is 13.8 Å². The van der Waals surface area contributed by atoms with Gasteiger partial charge in [0.05, 0.1) is 23.3 Å². The minimum atomic E-state index is 0.866. The van der Waals surface area contributed by atoms with Gasteiger partial charge in [0.25, 0.3) is 0 Å². The van der Waals surface area contributed by atoms with Crippen molar-refractivity contribution < 1.29 is 4.42 Å². The molecule has 168 valence electrons. The molecule has 2 aliphatic carbocycles. The maximum absolute atomic E-state index is 6.44. The van der Waals surface area contributed by atoms with Crippen molar-refractivity contribution in [2.45, 2.75) is 13.8 Å². The van der Waals surface area contributed by atoms with Crippen molar-refractivity contribution in [1.29, 1.82) is 0 Å². The summed E-state index contributed by atoms with van der Waals surface area (Å²) in [7, 11) is 0. The molecule has 0 atom stereocenters.